The molecule has 0 saturated carbocycles. The average molecular weight is 410 g/mol. The van der Waals surface area contributed by atoms with Crippen molar-refractivity contribution < 1.29 is 13.9 Å². The van der Waals surface area contributed by atoms with Gasteiger partial charge in [-0.25, -0.2) is 0 Å². The van der Waals surface area contributed by atoms with Crippen molar-refractivity contribution in [3.8, 4) is 22.8 Å². The van der Waals surface area contributed by atoms with Gasteiger partial charge in [0.05, 0.1) is 12.5 Å². The maximum Gasteiger partial charge on any atom is 0.235 e. The fourth-order valence-corrected chi connectivity index (χ4v) is 2.99. The zero-order chi connectivity index (χ0) is 19.5. The van der Waals surface area contributed by atoms with E-state index in [2.05, 4.69) is 0 Å². The normalized spacial score (nSPS) is 10.4. The number of anilines is 1. The third-order valence-electron chi connectivity index (χ3n) is 4.45. The summed E-state index contributed by atoms with van der Waals surface area (Å²) in [7, 11) is 1.60. The minimum atomic E-state index is -0.254. The van der Waals surface area contributed by atoms with E-state index < -0.39 is 0 Å². The third kappa shape index (κ3) is 4.20. The van der Waals surface area contributed by atoms with Crippen molar-refractivity contribution in [3.63, 3.8) is 0 Å². The van der Waals surface area contributed by atoms with Gasteiger partial charge in [0.25, 0.3) is 0 Å². The van der Waals surface area contributed by atoms with Crippen LogP contribution in [0.25, 0.3) is 22.3 Å². The van der Waals surface area contributed by atoms with E-state index in [1.165, 1.54) is 0 Å². The smallest absolute Gasteiger partial charge is 0.235 e. The molecule has 148 valence electrons. The quantitative estimate of drug-likeness (QED) is 0.467. The summed E-state index contributed by atoms with van der Waals surface area (Å²) in [6, 6.07) is 21.9. The van der Waals surface area contributed by atoms with Gasteiger partial charge in [0.15, 0.2) is 5.76 Å². The second-order valence-electron chi connectivity index (χ2n) is 6.35. The molecule has 1 aromatic heterocycles. The lowest BCUT2D eigenvalue weighted by Crippen LogP contribution is -2.10. The Kier molecular flexibility index (Phi) is 6.10. The molecule has 5 nitrogen and oxygen atoms in total. The summed E-state index contributed by atoms with van der Waals surface area (Å²) >= 11 is 0. The fourth-order valence-electron chi connectivity index (χ4n) is 2.99. The number of methoxy groups -OCH3 is 1. The molecular formula is C23H20ClNO4. The molecule has 0 aliphatic carbocycles. The first-order valence-electron chi connectivity index (χ1n) is 8.83. The summed E-state index contributed by atoms with van der Waals surface area (Å²) in [5, 5.41) is 0.389. The number of hydrogen-bond donors (Lipinski definition) is 1. The Labute approximate surface area is 174 Å². The number of benzene rings is 3. The molecule has 0 radical (unpaired) electrons. The lowest BCUT2D eigenvalue weighted by atomic mass is 10.1. The van der Waals surface area contributed by atoms with Crippen LogP contribution in [-0.2, 0) is 6.61 Å². The number of rotatable bonds is 5. The first kappa shape index (κ1) is 20.3. The predicted octanol–water partition coefficient (Wildman–Crippen LogP) is 5.05. The van der Waals surface area contributed by atoms with Crippen LogP contribution >= 0.6 is 12.4 Å². The molecule has 29 heavy (non-hydrogen) atoms. The zero-order valence-corrected chi connectivity index (χ0v) is 16.6. The van der Waals surface area contributed by atoms with Crippen LogP contribution in [0.2, 0.25) is 0 Å². The minimum absolute atomic E-state index is 0. The van der Waals surface area contributed by atoms with Gasteiger partial charge in [-0.1, -0.05) is 30.3 Å². The lowest BCUT2D eigenvalue weighted by Gasteiger charge is -2.12. The molecule has 4 rings (SSSR count). The van der Waals surface area contributed by atoms with Gasteiger partial charge >= 0.3 is 0 Å². The van der Waals surface area contributed by atoms with Crippen LogP contribution in [-0.4, -0.2) is 7.11 Å². The van der Waals surface area contributed by atoms with Crippen LogP contribution in [0.3, 0.4) is 0 Å². The van der Waals surface area contributed by atoms with Gasteiger partial charge in [0.2, 0.25) is 11.2 Å². The first-order valence-corrected chi connectivity index (χ1v) is 8.83. The van der Waals surface area contributed by atoms with Crippen molar-refractivity contribution in [1.29, 1.82) is 0 Å². The maximum atomic E-state index is 13.2. The van der Waals surface area contributed by atoms with Gasteiger partial charge < -0.3 is 19.6 Å². The van der Waals surface area contributed by atoms with Crippen molar-refractivity contribution in [2.45, 2.75) is 6.61 Å². The van der Waals surface area contributed by atoms with E-state index in [1.807, 2.05) is 54.6 Å². The Hall–Kier alpha value is -3.44. The first-order chi connectivity index (χ1) is 13.7. The summed E-state index contributed by atoms with van der Waals surface area (Å²) < 4.78 is 17.2. The molecule has 0 bridgehead atoms. The molecule has 0 fully saturated rings. The van der Waals surface area contributed by atoms with Gasteiger partial charge in [0.1, 0.15) is 17.9 Å². The summed E-state index contributed by atoms with van der Waals surface area (Å²) in [6.07, 6.45) is 0. The Morgan fingerprint density at radius 3 is 2.38 bits per heavy atom. The number of ether oxygens (including phenoxy) is 2. The number of hydrogen-bond acceptors (Lipinski definition) is 5. The molecule has 0 aliphatic heterocycles. The predicted molar refractivity (Wildman–Crippen MR) is 117 cm³/mol. The highest BCUT2D eigenvalue weighted by Gasteiger charge is 2.18. The van der Waals surface area contributed by atoms with E-state index in [0.717, 1.165) is 11.1 Å². The maximum absolute atomic E-state index is 13.2. The summed E-state index contributed by atoms with van der Waals surface area (Å²) in [5.41, 5.74) is 8.22. The van der Waals surface area contributed by atoms with Gasteiger partial charge in [-0.15, -0.1) is 12.4 Å². The zero-order valence-electron chi connectivity index (χ0n) is 15.8. The van der Waals surface area contributed by atoms with E-state index in [1.54, 1.807) is 25.3 Å². The van der Waals surface area contributed by atoms with Crippen molar-refractivity contribution in [1.82, 2.24) is 0 Å². The number of nitrogen functional groups attached to an aromatic ring is 1. The Balaban J connectivity index is 0.00000240. The average Bonchev–Trinajstić information content (AvgIpc) is 2.74. The summed E-state index contributed by atoms with van der Waals surface area (Å²) in [6.45, 7) is 0.253. The number of nitrogens with two attached hydrogens (primary N) is 1. The summed E-state index contributed by atoms with van der Waals surface area (Å²) in [4.78, 5) is 13.2. The van der Waals surface area contributed by atoms with Gasteiger partial charge in [-0.2, -0.15) is 0 Å². The van der Waals surface area contributed by atoms with Gasteiger partial charge in [-0.05, 0) is 48.0 Å². The SMILES string of the molecule is COc1ccc(-c2oc3ccc(N)cc3c(=O)c2OCc2ccccc2)cc1.Cl. The molecule has 0 amide bonds. The Morgan fingerprint density at radius 1 is 0.966 bits per heavy atom. The lowest BCUT2D eigenvalue weighted by molar-refractivity contribution is 0.298. The number of halogens is 1. The molecule has 2 N–H and O–H groups in total. The van der Waals surface area contributed by atoms with E-state index in [0.29, 0.717) is 28.2 Å². The second-order valence-corrected chi connectivity index (χ2v) is 6.35. The molecule has 0 unspecified atom stereocenters. The van der Waals surface area contributed by atoms with Gasteiger partial charge in [-0.3, -0.25) is 4.79 Å². The molecule has 4 aromatic rings. The van der Waals surface area contributed by atoms with Gasteiger partial charge in [0, 0.05) is 11.3 Å². The second kappa shape index (κ2) is 8.71. The minimum Gasteiger partial charge on any atom is -0.497 e. The molecule has 0 saturated heterocycles. The highest BCUT2D eigenvalue weighted by molar-refractivity contribution is 5.85. The molecule has 6 heteroatoms. The molecule has 0 spiro atoms. The van der Waals surface area contributed by atoms with Crippen LogP contribution in [0.4, 0.5) is 5.69 Å². The van der Waals surface area contributed by atoms with Crippen LogP contribution in [0.15, 0.2) is 82.0 Å². The van der Waals surface area contributed by atoms with Crippen molar-refractivity contribution in [2.75, 3.05) is 12.8 Å². The highest BCUT2D eigenvalue weighted by Crippen LogP contribution is 2.32. The highest BCUT2D eigenvalue weighted by atomic mass is 35.5. The fraction of sp³-hybridized carbons (Fsp3) is 0.0870. The topological polar surface area (TPSA) is 74.7 Å². The van der Waals surface area contributed by atoms with Crippen LogP contribution in [0.5, 0.6) is 11.5 Å². The van der Waals surface area contributed by atoms with Crippen LogP contribution < -0.4 is 20.6 Å². The summed E-state index contributed by atoms with van der Waals surface area (Å²) in [5.74, 6) is 1.25. The molecule has 0 aliphatic rings. The van der Waals surface area contributed by atoms with Crippen molar-refractivity contribution >= 4 is 29.1 Å². The molecule has 3 aromatic carbocycles. The van der Waals surface area contributed by atoms with Crippen LogP contribution in [0, 0.1) is 0 Å². The molecule has 0 atom stereocenters. The standard InChI is InChI=1S/C23H19NO4.ClH/c1-26-18-10-7-16(8-11-18)22-23(27-14-15-5-3-2-4-6-15)21(25)19-13-17(24)9-12-20(19)28-22;/h2-13H,14,24H2,1H3;1H. The Morgan fingerprint density at radius 2 is 1.69 bits per heavy atom. The molecular weight excluding hydrogens is 390 g/mol. The molecule has 1 heterocycles. The van der Waals surface area contributed by atoms with E-state index in [4.69, 9.17) is 19.6 Å². The van der Waals surface area contributed by atoms with Crippen LogP contribution in [0.1, 0.15) is 5.56 Å². The van der Waals surface area contributed by atoms with E-state index >= 15 is 0 Å². The monoisotopic (exact) mass is 409 g/mol. The Bertz CT molecular complexity index is 1170. The van der Waals surface area contributed by atoms with E-state index in [9.17, 15) is 4.79 Å². The van der Waals surface area contributed by atoms with Crippen molar-refractivity contribution in [3.05, 3.63) is 88.6 Å². The largest absolute Gasteiger partial charge is 0.497 e. The third-order valence-corrected chi connectivity index (χ3v) is 4.45. The van der Waals surface area contributed by atoms with Crippen molar-refractivity contribution in [2.24, 2.45) is 0 Å². The number of fused-ring (bicyclic) bond motifs is 1. The van der Waals surface area contributed by atoms with E-state index in [-0.39, 0.29) is 30.2 Å².